The highest BCUT2D eigenvalue weighted by Gasteiger charge is 2.54. The summed E-state index contributed by atoms with van der Waals surface area (Å²) < 4.78 is 18.4. The van der Waals surface area contributed by atoms with E-state index in [4.69, 9.17) is 38.0 Å². The number of imidazole rings is 1. The summed E-state index contributed by atoms with van der Waals surface area (Å²) in [4.78, 5) is 13.0. The van der Waals surface area contributed by atoms with Gasteiger partial charge in [-0.2, -0.15) is 9.97 Å². The molecule has 0 bridgehead atoms. The molecule has 11 nitrogen and oxygen atoms in total. The number of ether oxygens (including phenoxy) is 3. The molecule has 2 aromatic rings. The monoisotopic (exact) mass is 486 g/mol. The maximum atomic E-state index is 11.1. The van der Waals surface area contributed by atoms with E-state index >= 15 is 0 Å². The molecule has 13 heteroatoms. The Bertz CT molecular complexity index is 969. The third kappa shape index (κ3) is 4.61. The summed E-state index contributed by atoms with van der Waals surface area (Å²) in [6.07, 6.45) is 0.179. The second kappa shape index (κ2) is 9.57. The van der Waals surface area contributed by atoms with Crippen molar-refractivity contribution in [3.8, 4) is 0 Å². The Kier molecular flexibility index (Phi) is 6.98. The second-order valence-electron chi connectivity index (χ2n) is 8.09. The van der Waals surface area contributed by atoms with Crippen LogP contribution in [0.2, 0.25) is 5.28 Å². The van der Waals surface area contributed by atoms with Crippen LogP contribution in [0.4, 0.5) is 5.82 Å². The van der Waals surface area contributed by atoms with Gasteiger partial charge in [0.15, 0.2) is 23.2 Å². The van der Waals surface area contributed by atoms with Crippen molar-refractivity contribution in [1.82, 2.24) is 24.8 Å². The Hall–Kier alpha value is -1.83. The number of nitrogens with zero attached hydrogens (tertiary/aromatic N) is 4. The highest BCUT2D eigenvalue weighted by molar-refractivity contribution is 7.80. The molecule has 2 aliphatic rings. The lowest BCUT2D eigenvalue weighted by molar-refractivity contribution is -0.0949. The number of aromatic nitrogens is 4. The van der Waals surface area contributed by atoms with Crippen LogP contribution in [-0.4, -0.2) is 85.1 Å². The van der Waals surface area contributed by atoms with E-state index in [1.807, 2.05) is 6.92 Å². The van der Waals surface area contributed by atoms with Crippen molar-refractivity contribution in [3.05, 3.63) is 11.6 Å². The molecule has 0 spiro atoms. The number of anilines is 1. The van der Waals surface area contributed by atoms with Crippen molar-refractivity contribution in [3.63, 3.8) is 0 Å². The minimum Gasteiger partial charge on any atom is -0.468 e. The number of nitrogens with one attached hydrogen (secondary N) is 2. The fourth-order valence-electron chi connectivity index (χ4n) is 3.82. The van der Waals surface area contributed by atoms with Crippen molar-refractivity contribution in [2.45, 2.75) is 56.8 Å². The van der Waals surface area contributed by atoms with Crippen LogP contribution in [0.1, 0.15) is 32.9 Å². The first-order valence-corrected chi connectivity index (χ1v) is 11.3. The number of halogens is 1. The zero-order valence-corrected chi connectivity index (χ0v) is 19.4. The molecule has 2 aromatic heterocycles. The van der Waals surface area contributed by atoms with Crippen molar-refractivity contribution in [2.24, 2.45) is 0 Å². The van der Waals surface area contributed by atoms with E-state index in [0.29, 0.717) is 36.7 Å². The number of rotatable bonds is 7. The van der Waals surface area contributed by atoms with Crippen LogP contribution in [0.3, 0.4) is 0 Å². The molecule has 4 rings (SSSR count). The number of thiocarbonyl (C=S) groups is 1. The fourth-order valence-corrected chi connectivity index (χ4v) is 4.15. The molecule has 0 aromatic carbocycles. The van der Waals surface area contributed by atoms with Crippen LogP contribution in [-0.2, 0) is 14.2 Å². The van der Waals surface area contributed by atoms with Crippen molar-refractivity contribution < 1.29 is 24.4 Å². The molecule has 4 N–H and O–H groups in total. The average Bonchev–Trinajstić information content (AvgIpc) is 3.45. The van der Waals surface area contributed by atoms with Gasteiger partial charge in [0.05, 0.1) is 19.0 Å². The van der Waals surface area contributed by atoms with E-state index in [1.165, 1.54) is 17.8 Å². The Morgan fingerprint density at radius 1 is 1.47 bits per heavy atom. The Morgan fingerprint density at radius 3 is 3.00 bits per heavy atom. The van der Waals surface area contributed by atoms with Gasteiger partial charge >= 0.3 is 0 Å². The molecular weight excluding hydrogens is 460 g/mol. The molecule has 32 heavy (non-hydrogen) atoms. The molecule has 0 unspecified atom stereocenters. The lowest BCUT2D eigenvalue weighted by Gasteiger charge is -2.27. The number of aliphatic hydroxyl groups excluding tert-OH is 1. The van der Waals surface area contributed by atoms with Gasteiger partial charge in [-0.3, -0.25) is 4.57 Å². The van der Waals surface area contributed by atoms with Crippen LogP contribution in [0.15, 0.2) is 6.33 Å². The lowest BCUT2D eigenvalue weighted by atomic mass is 9.96. The van der Waals surface area contributed by atoms with E-state index in [2.05, 4.69) is 25.6 Å². The SMILES string of the molecule is CCCNC(=S)OC[C@H]1O[C@@H](n2cnc3c(N[C@@H]4CCOC4)nc(Cl)nc32)[C@](C)(O)[C@@H]1O. The maximum absolute atomic E-state index is 11.1. The Labute approximate surface area is 195 Å². The van der Waals surface area contributed by atoms with Gasteiger partial charge in [0.25, 0.3) is 5.17 Å². The molecule has 0 amide bonds. The van der Waals surface area contributed by atoms with Crippen LogP contribution in [0, 0.1) is 0 Å². The molecule has 5 atom stereocenters. The predicted molar refractivity (Wildman–Crippen MR) is 121 cm³/mol. The summed E-state index contributed by atoms with van der Waals surface area (Å²) in [5.41, 5.74) is -0.810. The first-order chi connectivity index (χ1) is 15.3. The normalized spacial score (nSPS) is 30.0. The quantitative estimate of drug-likeness (QED) is 0.329. The minimum absolute atomic E-state index is 0.0195. The average molecular weight is 487 g/mol. The Balaban J connectivity index is 1.56. The van der Waals surface area contributed by atoms with Gasteiger partial charge in [-0.25, -0.2) is 4.98 Å². The van der Waals surface area contributed by atoms with Crippen LogP contribution in [0.25, 0.3) is 11.2 Å². The van der Waals surface area contributed by atoms with Crippen molar-refractivity contribution in [2.75, 3.05) is 31.7 Å². The van der Waals surface area contributed by atoms with Gasteiger partial charge in [-0.05, 0) is 43.6 Å². The molecule has 0 radical (unpaired) electrons. The summed E-state index contributed by atoms with van der Waals surface area (Å²) in [5, 5.41) is 28.2. The molecule has 0 aliphatic carbocycles. The zero-order chi connectivity index (χ0) is 22.9. The van der Waals surface area contributed by atoms with Gasteiger partial charge in [0.1, 0.15) is 24.4 Å². The van der Waals surface area contributed by atoms with Gasteiger partial charge < -0.3 is 35.1 Å². The summed E-state index contributed by atoms with van der Waals surface area (Å²) in [6, 6.07) is 0.0914. The largest absolute Gasteiger partial charge is 0.468 e. The van der Waals surface area contributed by atoms with E-state index in [1.54, 1.807) is 0 Å². The van der Waals surface area contributed by atoms with Crippen LogP contribution in [0.5, 0.6) is 0 Å². The molecule has 2 aliphatic heterocycles. The summed E-state index contributed by atoms with van der Waals surface area (Å²) in [6.45, 7) is 5.38. The second-order valence-corrected chi connectivity index (χ2v) is 8.80. The highest BCUT2D eigenvalue weighted by Crippen LogP contribution is 2.40. The van der Waals surface area contributed by atoms with E-state index < -0.39 is 24.0 Å². The fraction of sp³-hybridized carbons (Fsp3) is 0.684. The molecular formula is C19H27ClN6O5S. The topological polar surface area (TPSA) is 136 Å². The highest BCUT2D eigenvalue weighted by atomic mass is 35.5. The molecule has 2 saturated heterocycles. The third-order valence-corrected chi connectivity index (χ3v) is 6.00. The van der Waals surface area contributed by atoms with Gasteiger partial charge in [-0.1, -0.05) is 6.92 Å². The van der Waals surface area contributed by atoms with Crippen LogP contribution < -0.4 is 10.6 Å². The number of hydrogen-bond acceptors (Lipinski definition) is 10. The van der Waals surface area contributed by atoms with Gasteiger partial charge in [0, 0.05) is 13.2 Å². The minimum atomic E-state index is -1.65. The smallest absolute Gasteiger partial charge is 0.256 e. The molecule has 0 saturated carbocycles. The van der Waals surface area contributed by atoms with Gasteiger partial charge in [0.2, 0.25) is 5.28 Å². The van der Waals surface area contributed by atoms with Crippen molar-refractivity contribution >= 4 is 46.0 Å². The number of fused-ring (bicyclic) bond motifs is 1. The van der Waals surface area contributed by atoms with E-state index in [0.717, 1.165) is 12.8 Å². The molecule has 4 heterocycles. The zero-order valence-electron chi connectivity index (χ0n) is 17.8. The maximum Gasteiger partial charge on any atom is 0.256 e. The van der Waals surface area contributed by atoms with Crippen LogP contribution >= 0.6 is 23.8 Å². The molecule has 176 valence electrons. The van der Waals surface area contributed by atoms with E-state index in [9.17, 15) is 10.2 Å². The Morgan fingerprint density at radius 2 is 2.28 bits per heavy atom. The number of aliphatic hydroxyl groups is 2. The number of hydrogen-bond donors (Lipinski definition) is 4. The standard InChI is InChI=1S/C19H27ClN6O5S/c1-3-5-21-18(32)30-8-11-13(27)19(2,28)16(31-11)26-9-22-12-14(23-10-4-6-29-7-10)24-17(20)25-15(12)26/h9-11,13,16,27-28H,3-8H2,1-2H3,(H,21,32)(H,23,24,25)/t10-,11-,13-,16-,19-/m1/s1. The van der Waals surface area contributed by atoms with Crippen molar-refractivity contribution in [1.29, 1.82) is 0 Å². The lowest BCUT2D eigenvalue weighted by Crippen LogP contribution is -2.44. The first kappa shape index (κ1) is 23.3. The molecule has 2 fully saturated rings. The van der Waals surface area contributed by atoms with E-state index in [-0.39, 0.29) is 23.1 Å². The summed E-state index contributed by atoms with van der Waals surface area (Å²) in [7, 11) is 0. The first-order valence-electron chi connectivity index (χ1n) is 10.5. The summed E-state index contributed by atoms with van der Waals surface area (Å²) >= 11 is 11.3. The third-order valence-electron chi connectivity index (χ3n) is 5.57. The predicted octanol–water partition coefficient (Wildman–Crippen LogP) is 0.991. The van der Waals surface area contributed by atoms with Gasteiger partial charge in [-0.15, -0.1) is 0 Å². The summed E-state index contributed by atoms with van der Waals surface area (Å²) in [5.74, 6) is 0.472.